The van der Waals surface area contributed by atoms with Gasteiger partial charge in [-0.1, -0.05) is 84.6 Å². The minimum absolute atomic E-state index is 0.0856. The molecule has 0 bridgehead atoms. The number of nitrogens with zero attached hydrogens (tertiary/aromatic N) is 3. The monoisotopic (exact) mass is 844 g/mol. The van der Waals surface area contributed by atoms with Crippen LogP contribution >= 0.6 is 0 Å². The second-order valence-electron chi connectivity index (χ2n) is 18.0. The third-order valence-corrected chi connectivity index (χ3v) is 12.1. The molecule has 4 rings (SSSR count). The molecular weight excluding hydrogens is 783 g/mol. The molecule has 1 heterocycles. The van der Waals surface area contributed by atoms with E-state index in [0.29, 0.717) is 36.5 Å². The SMILES string of the molecule is CC(C)[C@H](N)C(=O)N(c1ccc(C(=O)N(CCCNC(=O)OCC[Si](C)(C)C)[C@@H](c2cc(-c3cc(F)ccc3F)cn2Cc2ccccc2)C(C)(C)C)cc1)[C@@H](C)C(N)=O. The Balaban J connectivity index is 1.81. The van der Waals surface area contributed by atoms with Crippen LogP contribution in [-0.4, -0.2) is 73.1 Å². The van der Waals surface area contributed by atoms with Crippen molar-refractivity contribution in [2.45, 2.75) is 98.3 Å². The van der Waals surface area contributed by atoms with Crippen molar-refractivity contribution in [2.75, 3.05) is 24.6 Å². The van der Waals surface area contributed by atoms with E-state index in [1.165, 1.54) is 11.8 Å². The van der Waals surface area contributed by atoms with Crippen LogP contribution in [-0.2, 0) is 20.9 Å². The molecule has 14 heteroatoms. The van der Waals surface area contributed by atoms with Gasteiger partial charge in [0.2, 0.25) is 11.8 Å². The summed E-state index contributed by atoms with van der Waals surface area (Å²) in [6.07, 6.45) is 1.60. The number of hydrogen-bond donors (Lipinski definition) is 3. The van der Waals surface area contributed by atoms with Crippen LogP contribution in [0.15, 0.2) is 85.1 Å². The van der Waals surface area contributed by atoms with E-state index in [1.54, 1.807) is 55.3 Å². The predicted molar refractivity (Wildman–Crippen MR) is 236 cm³/mol. The molecule has 324 valence electrons. The topological polar surface area (TPSA) is 153 Å². The summed E-state index contributed by atoms with van der Waals surface area (Å²) >= 11 is 0. The first-order chi connectivity index (χ1) is 28.1. The molecule has 0 spiro atoms. The summed E-state index contributed by atoms with van der Waals surface area (Å²) in [7, 11) is -1.41. The van der Waals surface area contributed by atoms with Crippen LogP contribution in [0.4, 0.5) is 19.3 Å². The van der Waals surface area contributed by atoms with Crippen LogP contribution in [0.5, 0.6) is 0 Å². The van der Waals surface area contributed by atoms with Gasteiger partial charge < -0.3 is 31.0 Å². The number of rotatable bonds is 18. The lowest BCUT2D eigenvalue weighted by atomic mass is 9.82. The maximum Gasteiger partial charge on any atom is 0.407 e. The predicted octanol–water partition coefficient (Wildman–Crippen LogP) is 8.36. The number of ether oxygens (including phenoxy) is 1. The van der Waals surface area contributed by atoms with E-state index in [1.807, 2.05) is 55.7 Å². The average molecular weight is 845 g/mol. The van der Waals surface area contributed by atoms with E-state index in [0.717, 1.165) is 29.8 Å². The van der Waals surface area contributed by atoms with Gasteiger partial charge >= 0.3 is 6.09 Å². The van der Waals surface area contributed by atoms with Crippen molar-refractivity contribution < 1.29 is 32.7 Å². The van der Waals surface area contributed by atoms with Crippen LogP contribution in [0.2, 0.25) is 25.7 Å². The quantitative estimate of drug-likeness (QED) is 0.0676. The minimum atomic E-state index is -1.41. The molecule has 3 atom stereocenters. The van der Waals surface area contributed by atoms with Crippen LogP contribution in [0.3, 0.4) is 0 Å². The first-order valence-corrected chi connectivity index (χ1v) is 24.2. The Morgan fingerprint density at radius 1 is 0.917 bits per heavy atom. The standard InChI is InChI=1S/C46H62F2N6O5Si/c1-30(2)40(49)44(57)54(31(3)42(50)55)36-19-16-33(17-20-36)43(56)53(23-13-22-51-45(58)59-24-25-60(7,8)9)41(46(4,5)6)39-26-34(37-27-35(47)18-21-38(37)48)29-52(39)28-32-14-11-10-12-15-32/h10-12,14-21,26-27,29-31,40-41H,13,22-25,28,49H2,1-9H3,(H2,50,55)(H,51,58)/t31-,40-,41-/m0/s1. The summed E-state index contributed by atoms with van der Waals surface area (Å²) < 4.78 is 37.3. The molecule has 11 nitrogen and oxygen atoms in total. The minimum Gasteiger partial charge on any atom is -0.450 e. The maximum atomic E-state index is 15.3. The highest BCUT2D eigenvalue weighted by molar-refractivity contribution is 6.76. The molecule has 1 aromatic heterocycles. The van der Waals surface area contributed by atoms with Crippen molar-refractivity contribution in [3.63, 3.8) is 0 Å². The van der Waals surface area contributed by atoms with Gasteiger partial charge in [0.05, 0.1) is 18.7 Å². The Kier molecular flexibility index (Phi) is 16.0. The Morgan fingerprint density at radius 3 is 2.15 bits per heavy atom. The lowest BCUT2D eigenvalue weighted by molar-refractivity contribution is -0.125. The van der Waals surface area contributed by atoms with Crippen molar-refractivity contribution in [1.29, 1.82) is 0 Å². The third-order valence-electron chi connectivity index (χ3n) is 10.4. The third kappa shape index (κ3) is 12.6. The van der Waals surface area contributed by atoms with E-state index in [-0.39, 0.29) is 36.0 Å². The zero-order valence-corrected chi connectivity index (χ0v) is 37.4. The Labute approximate surface area is 354 Å². The number of primary amides is 1. The van der Waals surface area contributed by atoms with E-state index in [2.05, 4.69) is 25.0 Å². The van der Waals surface area contributed by atoms with E-state index >= 15 is 4.39 Å². The molecule has 60 heavy (non-hydrogen) atoms. The lowest BCUT2D eigenvalue weighted by Gasteiger charge is -2.41. The fraction of sp³-hybridized carbons (Fsp3) is 0.435. The normalized spacial score (nSPS) is 13.3. The number of benzene rings is 3. The molecule has 0 fully saturated rings. The largest absolute Gasteiger partial charge is 0.450 e. The smallest absolute Gasteiger partial charge is 0.407 e. The number of carbonyl (C=O) groups is 4. The molecule has 3 aromatic carbocycles. The van der Waals surface area contributed by atoms with Crippen LogP contribution < -0.4 is 21.7 Å². The Bertz CT molecular complexity index is 2100. The Morgan fingerprint density at radius 2 is 1.57 bits per heavy atom. The average Bonchev–Trinajstić information content (AvgIpc) is 3.57. The first kappa shape index (κ1) is 47.3. The molecule has 0 saturated heterocycles. The summed E-state index contributed by atoms with van der Waals surface area (Å²) in [6, 6.07) is 19.4. The highest BCUT2D eigenvalue weighted by Gasteiger charge is 2.38. The number of halogens is 2. The van der Waals surface area contributed by atoms with Gasteiger partial charge in [0.25, 0.3) is 5.91 Å². The van der Waals surface area contributed by atoms with E-state index in [4.69, 9.17) is 16.2 Å². The summed E-state index contributed by atoms with van der Waals surface area (Å²) in [5, 5.41) is 2.82. The van der Waals surface area contributed by atoms with Gasteiger partial charge in [0.1, 0.15) is 17.7 Å². The zero-order chi connectivity index (χ0) is 44.5. The Hall–Kier alpha value is -5.34. The first-order valence-electron chi connectivity index (χ1n) is 20.5. The van der Waals surface area contributed by atoms with Crippen molar-refractivity contribution in [3.05, 3.63) is 114 Å². The van der Waals surface area contributed by atoms with Gasteiger partial charge in [-0.2, -0.15) is 0 Å². The van der Waals surface area contributed by atoms with Gasteiger partial charge in [-0.15, -0.1) is 0 Å². The number of alkyl carbamates (subject to hydrolysis) is 1. The second kappa shape index (κ2) is 20.3. The highest BCUT2D eigenvalue weighted by Crippen LogP contribution is 2.42. The van der Waals surface area contributed by atoms with Gasteiger partial charge in [-0.05, 0) is 84.8 Å². The number of nitrogens with two attached hydrogens (primary N) is 2. The molecule has 0 aliphatic rings. The van der Waals surface area contributed by atoms with Gasteiger partial charge in [0, 0.05) is 62.0 Å². The molecule has 4 amide bonds. The fourth-order valence-electron chi connectivity index (χ4n) is 6.95. The van der Waals surface area contributed by atoms with Crippen LogP contribution in [0, 0.1) is 23.0 Å². The van der Waals surface area contributed by atoms with E-state index < -0.39 is 61.2 Å². The van der Waals surface area contributed by atoms with Crippen LogP contribution in [0.25, 0.3) is 11.1 Å². The number of hydrogen-bond acceptors (Lipinski definition) is 6. The lowest BCUT2D eigenvalue weighted by Crippen LogP contribution is -2.53. The molecule has 0 saturated carbocycles. The van der Waals surface area contributed by atoms with Crippen LogP contribution in [0.1, 0.15) is 75.6 Å². The summed E-state index contributed by atoms with van der Waals surface area (Å²) in [4.78, 5) is 56.5. The molecule has 4 aromatic rings. The van der Waals surface area contributed by atoms with Crippen molar-refractivity contribution in [1.82, 2.24) is 14.8 Å². The van der Waals surface area contributed by atoms with Gasteiger partial charge in [-0.25, -0.2) is 13.6 Å². The number of anilines is 1. The molecule has 0 radical (unpaired) electrons. The zero-order valence-electron chi connectivity index (χ0n) is 36.4. The van der Waals surface area contributed by atoms with Crippen molar-refractivity contribution in [3.8, 4) is 11.1 Å². The molecular formula is C46H62F2N6O5Si. The molecule has 0 unspecified atom stereocenters. The van der Waals surface area contributed by atoms with Crippen molar-refractivity contribution >= 4 is 37.6 Å². The second-order valence-corrected chi connectivity index (χ2v) is 23.6. The highest BCUT2D eigenvalue weighted by atomic mass is 28.3. The molecule has 0 aliphatic carbocycles. The maximum absolute atomic E-state index is 15.3. The van der Waals surface area contributed by atoms with Gasteiger partial charge in [-0.3, -0.25) is 19.3 Å². The number of carbonyl (C=O) groups excluding carboxylic acids is 4. The molecule has 0 aliphatic heterocycles. The summed E-state index contributed by atoms with van der Waals surface area (Å²) in [6.45, 7) is 18.8. The fourth-order valence-corrected chi connectivity index (χ4v) is 7.66. The van der Waals surface area contributed by atoms with Gasteiger partial charge in [0.15, 0.2) is 0 Å². The number of nitrogens with one attached hydrogen (secondary N) is 1. The summed E-state index contributed by atoms with van der Waals surface area (Å²) in [5.41, 5.74) is 14.1. The van der Waals surface area contributed by atoms with E-state index in [9.17, 15) is 23.6 Å². The van der Waals surface area contributed by atoms with Crippen molar-refractivity contribution in [2.24, 2.45) is 22.8 Å². The molecule has 5 N–H and O–H groups in total. The summed E-state index contributed by atoms with van der Waals surface area (Å²) in [5.74, 6) is -2.95. The number of aromatic nitrogens is 1. The number of amides is 4.